The third-order valence-corrected chi connectivity index (χ3v) is 2.61. The molecule has 0 aromatic heterocycles. The molecule has 0 bridgehead atoms. The lowest BCUT2D eigenvalue weighted by atomic mass is 9.81. The summed E-state index contributed by atoms with van der Waals surface area (Å²) < 4.78 is 5.52. The van der Waals surface area contributed by atoms with E-state index in [0.717, 1.165) is 0 Å². The van der Waals surface area contributed by atoms with Crippen LogP contribution < -0.4 is 0 Å². The fraction of sp³-hybridized carbons (Fsp3) is 1.00. The highest BCUT2D eigenvalue weighted by Gasteiger charge is 2.42. The van der Waals surface area contributed by atoms with Gasteiger partial charge < -0.3 is 20.1 Å². The third kappa shape index (κ3) is 2.45. The van der Waals surface area contributed by atoms with E-state index < -0.39 is 18.3 Å². The standard InChI is InChI=1S/C10H20O4/c1-10(2,3)9-8(13)7(12)4-6(5-11)14-9/h6-9,11-13H,4-5H2,1-3H3/t6-,7+,8+,9+/m0/s1. The highest BCUT2D eigenvalue weighted by molar-refractivity contribution is 4.91. The van der Waals surface area contributed by atoms with Gasteiger partial charge in [-0.15, -0.1) is 0 Å². The summed E-state index contributed by atoms with van der Waals surface area (Å²) in [6.45, 7) is 5.70. The highest BCUT2D eigenvalue weighted by Crippen LogP contribution is 2.32. The predicted octanol–water partition coefficient (Wildman–Crippen LogP) is -0.0959. The van der Waals surface area contributed by atoms with Crippen LogP contribution in [-0.4, -0.2) is 46.3 Å². The molecule has 1 heterocycles. The third-order valence-electron chi connectivity index (χ3n) is 2.61. The molecule has 84 valence electrons. The molecule has 0 spiro atoms. The second-order valence-corrected chi connectivity index (χ2v) is 5.02. The molecule has 0 amide bonds. The molecule has 0 radical (unpaired) electrons. The van der Waals surface area contributed by atoms with Crippen LogP contribution in [0.25, 0.3) is 0 Å². The summed E-state index contributed by atoms with van der Waals surface area (Å²) in [5, 5.41) is 28.3. The Morgan fingerprint density at radius 1 is 1.29 bits per heavy atom. The fourth-order valence-corrected chi connectivity index (χ4v) is 1.79. The lowest BCUT2D eigenvalue weighted by Gasteiger charge is -2.43. The largest absolute Gasteiger partial charge is 0.394 e. The second kappa shape index (κ2) is 4.14. The quantitative estimate of drug-likeness (QED) is 0.558. The first-order chi connectivity index (χ1) is 6.36. The Morgan fingerprint density at radius 2 is 1.86 bits per heavy atom. The molecule has 1 saturated heterocycles. The van der Waals surface area contributed by atoms with Crippen LogP contribution in [0, 0.1) is 5.41 Å². The van der Waals surface area contributed by atoms with E-state index >= 15 is 0 Å². The number of aliphatic hydroxyl groups is 3. The topological polar surface area (TPSA) is 69.9 Å². The first-order valence-corrected chi connectivity index (χ1v) is 4.98. The van der Waals surface area contributed by atoms with Crippen molar-refractivity contribution in [2.45, 2.75) is 51.6 Å². The molecule has 0 saturated carbocycles. The Morgan fingerprint density at radius 3 is 2.29 bits per heavy atom. The normalized spacial score (nSPS) is 39.9. The predicted molar refractivity (Wildman–Crippen MR) is 51.8 cm³/mol. The Hall–Kier alpha value is -0.160. The number of hydrogen-bond donors (Lipinski definition) is 3. The maximum atomic E-state index is 9.73. The summed E-state index contributed by atoms with van der Waals surface area (Å²) in [5.74, 6) is 0. The lowest BCUT2D eigenvalue weighted by Crippen LogP contribution is -2.54. The highest BCUT2D eigenvalue weighted by atomic mass is 16.5. The van der Waals surface area contributed by atoms with Crippen molar-refractivity contribution in [3.05, 3.63) is 0 Å². The summed E-state index contributed by atoms with van der Waals surface area (Å²) in [7, 11) is 0. The monoisotopic (exact) mass is 204 g/mol. The van der Waals surface area contributed by atoms with Gasteiger partial charge in [0.1, 0.15) is 6.10 Å². The molecule has 4 atom stereocenters. The van der Waals surface area contributed by atoms with Gasteiger partial charge in [-0.25, -0.2) is 0 Å². The van der Waals surface area contributed by atoms with Crippen molar-refractivity contribution < 1.29 is 20.1 Å². The average Bonchev–Trinajstić information content (AvgIpc) is 2.07. The number of aliphatic hydroxyl groups excluding tert-OH is 3. The summed E-state index contributed by atoms with van der Waals surface area (Å²) in [5.41, 5.74) is -0.242. The van der Waals surface area contributed by atoms with Crippen LogP contribution in [-0.2, 0) is 4.74 Å². The molecule has 1 rings (SSSR count). The van der Waals surface area contributed by atoms with Gasteiger partial charge in [0.15, 0.2) is 0 Å². The molecule has 14 heavy (non-hydrogen) atoms. The van der Waals surface area contributed by atoms with Gasteiger partial charge in [0, 0.05) is 6.42 Å². The van der Waals surface area contributed by atoms with Crippen molar-refractivity contribution in [1.29, 1.82) is 0 Å². The zero-order chi connectivity index (χ0) is 10.9. The summed E-state index contributed by atoms with van der Waals surface area (Å²) >= 11 is 0. The molecule has 0 aromatic carbocycles. The Balaban J connectivity index is 2.73. The van der Waals surface area contributed by atoms with Gasteiger partial charge in [0.25, 0.3) is 0 Å². The van der Waals surface area contributed by atoms with Crippen LogP contribution >= 0.6 is 0 Å². The van der Waals surface area contributed by atoms with E-state index in [1.165, 1.54) is 0 Å². The minimum absolute atomic E-state index is 0.115. The Kier molecular flexibility index (Phi) is 3.53. The first kappa shape index (κ1) is 11.9. The van der Waals surface area contributed by atoms with E-state index in [9.17, 15) is 10.2 Å². The van der Waals surface area contributed by atoms with E-state index in [4.69, 9.17) is 9.84 Å². The van der Waals surface area contributed by atoms with Crippen LogP contribution in [0.5, 0.6) is 0 Å². The second-order valence-electron chi connectivity index (χ2n) is 5.02. The van der Waals surface area contributed by atoms with Crippen LogP contribution in [0.15, 0.2) is 0 Å². The van der Waals surface area contributed by atoms with Crippen molar-refractivity contribution in [2.75, 3.05) is 6.61 Å². The molecule has 0 aromatic rings. The molecular weight excluding hydrogens is 184 g/mol. The molecule has 1 aliphatic heterocycles. The molecule has 1 aliphatic rings. The lowest BCUT2D eigenvalue weighted by molar-refractivity contribution is -0.206. The van der Waals surface area contributed by atoms with Gasteiger partial charge in [0.05, 0.1) is 24.9 Å². The van der Waals surface area contributed by atoms with Crippen molar-refractivity contribution in [1.82, 2.24) is 0 Å². The van der Waals surface area contributed by atoms with Crippen molar-refractivity contribution in [3.63, 3.8) is 0 Å². The first-order valence-electron chi connectivity index (χ1n) is 4.98. The molecule has 4 nitrogen and oxygen atoms in total. The van der Waals surface area contributed by atoms with Gasteiger partial charge in [0.2, 0.25) is 0 Å². The fourth-order valence-electron chi connectivity index (χ4n) is 1.79. The maximum Gasteiger partial charge on any atom is 0.107 e. The van der Waals surface area contributed by atoms with Crippen molar-refractivity contribution >= 4 is 0 Å². The minimum atomic E-state index is -0.863. The van der Waals surface area contributed by atoms with E-state index in [1.54, 1.807) is 0 Å². The van der Waals surface area contributed by atoms with Gasteiger partial charge >= 0.3 is 0 Å². The van der Waals surface area contributed by atoms with Gasteiger partial charge in [-0.05, 0) is 5.41 Å². The molecule has 4 heteroatoms. The van der Waals surface area contributed by atoms with Crippen LogP contribution in [0.1, 0.15) is 27.2 Å². The van der Waals surface area contributed by atoms with Crippen LogP contribution in [0.4, 0.5) is 0 Å². The average molecular weight is 204 g/mol. The van der Waals surface area contributed by atoms with Gasteiger partial charge in [-0.2, -0.15) is 0 Å². The molecular formula is C10H20O4. The van der Waals surface area contributed by atoms with Crippen LogP contribution in [0.2, 0.25) is 0 Å². The number of rotatable bonds is 1. The van der Waals surface area contributed by atoms with E-state index in [2.05, 4.69) is 0 Å². The van der Waals surface area contributed by atoms with E-state index in [1.807, 2.05) is 20.8 Å². The molecule has 0 aliphatic carbocycles. The SMILES string of the molecule is CC(C)(C)[C@@H]1O[C@H](CO)C[C@@H](O)[C@H]1O. The smallest absolute Gasteiger partial charge is 0.107 e. The molecule has 0 unspecified atom stereocenters. The van der Waals surface area contributed by atoms with Crippen LogP contribution in [0.3, 0.4) is 0 Å². The summed E-state index contributed by atoms with van der Waals surface area (Å²) in [6, 6.07) is 0. The van der Waals surface area contributed by atoms with E-state index in [0.29, 0.717) is 6.42 Å². The maximum absolute atomic E-state index is 9.73. The van der Waals surface area contributed by atoms with Gasteiger partial charge in [-0.3, -0.25) is 0 Å². The summed E-state index contributed by atoms with van der Waals surface area (Å²) in [4.78, 5) is 0. The van der Waals surface area contributed by atoms with Crippen molar-refractivity contribution in [3.8, 4) is 0 Å². The van der Waals surface area contributed by atoms with Gasteiger partial charge in [-0.1, -0.05) is 20.8 Å². The summed E-state index contributed by atoms with van der Waals surface area (Å²) in [6.07, 6.45) is -2.16. The zero-order valence-electron chi connectivity index (χ0n) is 8.97. The number of hydrogen-bond acceptors (Lipinski definition) is 4. The van der Waals surface area contributed by atoms with E-state index in [-0.39, 0.29) is 18.1 Å². The Bertz CT molecular complexity index is 187. The number of ether oxygens (including phenoxy) is 1. The molecule has 1 fully saturated rings. The zero-order valence-corrected chi connectivity index (χ0v) is 8.97. The van der Waals surface area contributed by atoms with Crippen molar-refractivity contribution in [2.24, 2.45) is 5.41 Å². The minimum Gasteiger partial charge on any atom is -0.394 e. The Labute approximate surface area is 84.5 Å². The molecule has 3 N–H and O–H groups in total.